The van der Waals surface area contributed by atoms with E-state index in [2.05, 4.69) is 82.0 Å². The number of aromatic nitrogens is 2. The van der Waals surface area contributed by atoms with E-state index >= 15 is 0 Å². The van der Waals surface area contributed by atoms with E-state index in [1.807, 2.05) is 24.3 Å². The fraction of sp³-hybridized carbons (Fsp3) is 0.0952. The third-order valence-electron chi connectivity index (χ3n) is 4.25. The number of imidazole rings is 1. The molecule has 0 amide bonds. The highest BCUT2D eigenvalue weighted by Crippen LogP contribution is 2.33. The van der Waals surface area contributed by atoms with Crippen LogP contribution in [0.5, 0.6) is 0 Å². The summed E-state index contributed by atoms with van der Waals surface area (Å²) in [5.74, 6) is 0.982. The lowest BCUT2D eigenvalue weighted by molar-refractivity contribution is 1.10. The Morgan fingerprint density at radius 3 is 2.44 bits per heavy atom. The number of nitrogens with zero attached hydrogens (tertiary/aromatic N) is 2. The van der Waals surface area contributed by atoms with Crippen molar-refractivity contribution in [3.8, 4) is 11.3 Å². The van der Waals surface area contributed by atoms with E-state index in [0.717, 1.165) is 38.6 Å². The maximum absolute atomic E-state index is 4.88. The number of anilines is 2. The first-order valence-corrected chi connectivity index (χ1v) is 8.99. The molecule has 0 saturated carbocycles. The largest absolute Gasteiger partial charge is 0.339 e. The van der Waals surface area contributed by atoms with Crippen LogP contribution in [0, 0.1) is 13.8 Å². The summed E-state index contributed by atoms with van der Waals surface area (Å²) >= 11 is 3.56. The van der Waals surface area contributed by atoms with Crippen molar-refractivity contribution in [3.63, 3.8) is 0 Å². The second-order valence-electron chi connectivity index (χ2n) is 6.17. The summed E-state index contributed by atoms with van der Waals surface area (Å²) in [5.41, 5.74) is 6.38. The van der Waals surface area contributed by atoms with Crippen molar-refractivity contribution in [1.29, 1.82) is 0 Å². The summed E-state index contributed by atoms with van der Waals surface area (Å²) in [7, 11) is 0. The first-order chi connectivity index (χ1) is 12.1. The Morgan fingerprint density at radius 1 is 0.920 bits per heavy atom. The molecule has 0 spiro atoms. The van der Waals surface area contributed by atoms with E-state index in [1.54, 1.807) is 0 Å². The number of rotatable bonds is 3. The van der Waals surface area contributed by atoms with Crippen LogP contribution < -0.4 is 5.32 Å². The van der Waals surface area contributed by atoms with Crippen molar-refractivity contribution in [2.75, 3.05) is 5.32 Å². The topological polar surface area (TPSA) is 29.3 Å². The van der Waals surface area contributed by atoms with Gasteiger partial charge in [-0.15, -0.1) is 0 Å². The van der Waals surface area contributed by atoms with Crippen LogP contribution in [-0.2, 0) is 0 Å². The highest BCUT2D eigenvalue weighted by atomic mass is 79.9. The highest BCUT2D eigenvalue weighted by molar-refractivity contribution is 9.10. The minimum atomic E-state index is 0.935. The summed E-state index contributed by atoms with van der Waals surface area (Å²) in [4.78, 5) is 4.88. The lowest BCUT2D eigenvalue weighted by atomic mass is 10.1. The standard InChI is InChI=1S/C21H18BrN3/c1-14-9-11-18(12-10-14)23-21-20(16-6-4-7-17(22)13-16)24-19-8-3-5-15(2)25(19)21/h3-13,23H,1-2H3. The first-order valence-electron chi connectivity index (χ1n) is 8.19. The third kappa shape index (κ3) is 3.05. The number of hydrogen-bond acceptors (Lipinski definition) is 2. The SMILES string of the molecule is Cc1ccc(Nc2c(-c3cccc(Br)c3)nc3cccc(C)n23)cc1. The molecule has 0 aliphatic heterocycles. The van der Waals surface area contributed by atoms with Crippen LogP contribution in [0.4, 0.5) is 11.5 Å². The van der Waals surface area contributed by atoms with Crippen molar-refractivity contribution in [3.05, 3.63) is 82.5 Å². The van der Waals surface area contributed by atoms with Gasteiger partial charge in [-0.2, -0.15) is 0 Å². The zero-order valence-corrected chi connectivity index (χ0v) is 15.7. The number of nitrogens with one attached hydrogen (secondary N) is 1. The molecule has 1 N–H and O–H groups in total. The van der Waals surface area contributed by atoms with Crippen LogP contribution in [-0.4, -0.2) is 9.38 Å². The number of halogens is 1. The third-order valence-corrected chi connectivity index (χ3v) is 4.74. The van der Waals surface area contributed by atoms with Crippen LogP contribution in [0.2, 0.25) is 0 Å². The van der Waals surface area contributed by atoms with E-state index in [1.165, 1.54) is 5.56 Å². The molecular formula is C21H18BrN3. The Labute approximate surface area is 155 Å². The molecule has 4 heteroatoms. The van der Waals surface area contributed by atoms with Gasteiger partial charge in [-0.3, -0.25) is 4.40 Å². The maximum Gasteiger partial charge on any atom is 0.143 e. The molecule has 0 unspecified atom stereocenters. The van der Waals surface area contributed by atoms with Gasteiger partial charge in [-0.1, -0.05) is 51.8 Å². The Balaban J connectivity index is 1.93. The van der Waals surface area contributed by atoms with Gasteiger partial charge in [-0.05, 0) is 50.2 Å². The molecule has 2 aromatic carbocycles. The van der Waals surface area contributed by atoms with Crippen LogP contribution in [0.1, 0.15) is 11.3 Å². The van der Waals surface area contributed by atoms with Crippen LogP contribution in [0.3, 0.4) is 0 Å². The summed E-state index contributed by atoms with van der Waals surface area (Å²) in [5, 5.41) is 3.57. The highest BCUT2D eigenvalue weighted by Gasteiger charge is 2.15. The summed E-state index contributed by atoms with van der Waals surface area (Å²) in [6.45, 7) is 4.19. The van der Waals surface area contributed by atoms with Gasteiger partial charge in [0.25, 0.3) is 0 Å². The summed E-state index contributed by atoms with van der Waals surface area (Å²) < 4.78 is 3.20. The molecule has 25 heavy (non-hydrogen) atoms. The van der Waals surface area contributed by atoms with Gasteiger partial charge in [0.1, 0.15) is 17.2 Å². The normalized spacial score (nSPS) is 11.0. The van der Waals surface area contributed by atoms with Crippen LogP contribution in [0.15, 0.2) is 71.2 Å². The molecule has 124 valence electrons. The van der Waals surface area contributed by atoms with E-state index in [0.29, 0.717) is 0 Å². The van der Waals surface area contributed by atoms with E-state index in [4.69, 9.17) is 4.98 Å². The van der Waals surface area contributed by atoms with Gasteiger partial charge in [0.05, 0.1) is 0 Å². The summed E-state index contributed by atoms with van der Waals surface area (Å²) in [6.07, 6.45) is 0. The Kier molecular flexibility index (Phi) is 4.06. The zero-order chi connectivity index (χ0) is 17.4. The lowest BCUT2D eigenvalue weighted by Crippen LogP contribution is -1.99. The van der Waals surface area contributed by atoms with Gasteiger partial charge < -0.3 is 5.32 Å². The molecule has 0 radical (unpaired) electrons. The molecule has 0 saturated heterocycles. The molecule has 4 rings (SSSR count). The minimum absolute atomic E-state index is 0.935. The van der Waals surface area contributed by atoms with Crippen molar-refractivity contribution in [2.45, 2.75) is 13.8 Å². The predicted molar refractivity (Wildman–Crippen MR) is 108 cm³/mol. The van der Waals surface area contributed by atoms with Gasteiger partial charge in [0.2, 0.25) is 0 Å². The molecule has 2 heterocycles. The van der Waals surface area contributed by atoms with E-state index < -0.39 is 0 Å². The van der Waals surface area contributed by atoms with Crippen molar-refractivity contribution < 1.29 is 0 Å². The molecule has 0 bridgehead atoms. The van der Waals surface area contributed by atoms with Gasteiger partial charge in [0.15, 0.2) is 0 Å². The van der Waals surface area contributed by atoms with Crippen LogP contribution >= 0.6 is 15.9 Å². The van der Waals surface area contributed by atoms with E-state index in [-0.39, 0.29) is 0 Å². The Hall–Kier alpha value is -2.59. The molecule has 0 fully saturated rings. The number of pyridine rings is 1. The average molecular weight is 392 g/mol. The number of benzene rings is 2. The Morgan fingerprint density at radius 2 is 1.68 bits per heavy atom. The molecule has 0 aliphatic rings. The van der Waals surface area contributed by atoms with Crippen molar-refractivity contribution in [1.82, 2.24) is 9.38 Å². The zero-order valence-electron chi connectivity index (χ0n) is 14.1. The van der Waals surface area contributed by atoms with Crippen molar-refractivity contribution >= 4 is 33.1 Å². The van der Waals surface area contributed by atoms with Gasteiger partial charge in [0, 0.05) is 21.4 Å². The second kappa shape index (κ2) is 6.37. The fourth-order valence-corrected chi connectivity index (χ4v) is 3.38. The Bertz CT molecular complexity index is 1050. The molecule has 0 aliphatic carbocycles. The van der Waals surface area contributed by atoms with Crippen LogP contribution in [0.25, 0.3) is 16.9 Å². The van der Waals surface area contributed by atoms with Gasteiger partial charge >= 0.3 is 0 Å². The lowest BCUT2D eigenvalue weighted by Gasteiger charge is -2.11. The van der Waals surface area contributed by atoms with E-state index in [9.17, 15) is 0 Å². The molecule has 2 aromatic heterocycles. The van der Waals surface area contributed by atoms with Crippen molar-refractivity contribution in [2.24, 2.45) is 0 Å². The smallest absolute Gasteiger partial charge is 0.143 e. The molecule has 0 atom stereocenters. The first kappa shape index (κ1) is 15.9. The second-order valence-corrected chi connectivity index (χ2v) is 7.09. The fourth-order valence-electron chi connectivity index (χ4n) is 2.98. The number of hydrogen-bond donors (Lipinski definition) is 1. The van der Waals surface area contributed by atoms with Gasteiger partial charge in [-0.25, -0.2) is 4.98 Å². The molecule has 3 nitrogen and oxygen atoms in total. The number of aryl methyl sites for hydroxylation is 2. The average Bonchev–Trinajstić information content (AvgIpc) is 2.97. The summed E-state index contributed by atoms with van der Waals surface area (Å²) in [6, 6.07) is 22.8. The monoisotopic (exact) mass is 391 g/mol. The molecule has 4 aromatic rings. The number of fused-ring (bicyclic) bond motifs is 1. The maximum atomic E-state index is 4.88. The molecular weight excluding hydrogens is 374 g/mol. The minimum Gasteiger partial charge on any atom is -0.339 e. The predicted octanol–water partition coefficient (Wildman–Crippen LogP) is 6.12. The quantitative estimate of drug-likeness (QED) is 0.455.